The number of methoxy groups -OCH3 is 1. The zero-order valence-electron chi connectivity index (χ0n) is 18.0. The van der Waals surface area contributed by atoms with Crippen molar-refractivity contribution in [2.45, 2.75) is 18.9 Å². The van der Waals surface area contributed by atoms with Crippen LogP contribution in [0.15, 0.2) is 73.1 Å². The van der Waals surface area contributed by atoms with Gasteiger partial charge in [-0.05, 0) is 55.8 Å². The van der Waals surface area contributed by atoms with Gasteiger partial charge < -0.3 is 15.4 Å². The molecule has 7 nitrogen and oxygen atoms in total. The van der Waals surface area contributed by atoms with Crippen molar-refractivity contribution >= 4 is 23.2 Å². The van der Waals surface area contributed by atoms with Gasteiger partial charge in [0.15, 0.2) is 0 Å². The molecule has 1 aliphatic rings. The fourth-order valence-corrected chi connectivity index (χ4v) is 3.94. The number of hydrogen-bond acceptors (Lipinski definition) is 5. The third kappa shape index (κ3) is 4.95. The van der Waals surface area contributed by atoms with Gasteiger partial charge in [-0.1, -0.05) is 30.3 Å². The summed E-state index contributed by atoms with van der Waals surface area (Å²) in [4.78, 5) is 31.9. The maximum Gasteiger partial charge on any atom is 0.257 e. The van der Waals surface area contributed by atoms with Crippen LogP contribution in [0.1, 0.15) is 34.8 Å². The van der Waals surface area contributed by atoms with Crippen LogP contribution in [0.5, 0.6) is 5.75 Å². The molecule has 2 heterocycles. The Morgan fingerprint density at radius 2 is 1.78 bits per heavy atom. The first kappa shape index (κ1) is 21.5. The van der Waals surface area contributed by atoms with Crippen molar-refractivity contribution in [3.05, 3.63) is 84.2 Å². The quantitative estimate of drug-likeness (QED) is 0.589. The van der Waals surface area contributed by atoms with Crippen molar-refractivity contribution in [3.63, 3.8) is 0 Å². The van der Waals surface area contributed by atoms with Gasteiger partial charge in [-0.25, -0.2) is 0 Å². The summed E-state index contributed by atoms with van der Waals surface area (Å²) in [6.07, 6.45) is 5.30. The minimum Gasteiger partial charge on any atom is -0.494 e. The maximum atomic E-state index is 13.3. The van der Waals surface area contributed by atoms with Gasteiger partial charge in [0.2, 0.25) is 5.91 Å². The van der Waals surface area contributed by atoms with Crippen LogP contribution in [0.3, 0.4) is 0 Å². The summed E-state index contributed by atoms with van der Waals surface area (Å²) in [5.74, 6) is 0.0798. The lowest BCUT2D eigenvalue weighted by Crippen LogP contribution is -2.35. The van der Waals surface area contributed by atoms with E-state index in [4.69, 9.17) is 4.74 Å². The van der Waals surface area contributed by atoms with Gasteiger partial charge in [0, 0.05) is 24.1 Å². The summed E-state index contributed by atoms with van der Waals surface area (Å²) in [5, 5.41) is 5.85. The molecule has 0 bridgehead atoms. The van der Waals surface area contributed by atoms with E-state index >= 15 is 0 Å². The number of ether oxygens (including phenoxy) is 1. The number of anilines is 2. The predicted molar refractivity (Wildman–Crippen MR) is 124 cm³/mol. The van der Waals surface area contributed by atoms with Crippen molar-refractivity contribution in [3.8, 4) is 5.75 Å². The van der Waals surface area contributed by atoms with Gasteiger partial charge >= 0.3 is 0 Å². The number of likely N-dealkylation sites (tertiary alicyclic amines) is 1. The molecule has 1 atom stereocenters. The number of carbonyl (C=O) groups excluding carboxylic acids is 2. The molecule has 0 radical (unpaired) electrons. The number of amides is 2. The molecule has 2 amide bonds. The number of rotatable bonds is 7. The molecule has 1 fully saturated rings. The molecule has 1 aliphatic heterocycles. The number of nitrogens with zero attached hydrogens (tertiary/aromatic N) is 2. The van der Waals surface area contributed by atoms with Gasteiger partial charge in [0.05, 0.1) is 18.4 Å². The van der Waals surface area contributed by atoms with E-state index in [0.29, 0.717) is 22.7 Å². The van der Waals surface area contributed by atoms with Crippen LogP contribution >= 0.6 is 0 Å². The summed E-state index contributed by atoms with van der Waals surface area (Å²) in [5.41, 5.74) is 2.53. The van der Waals surface area contributed by atoms with Crippen LogP contribution in [0.25, 0.3) is 0 Å². The molecular weight excluding hydrogens is 404 g/mol. The number of nitrogens with one attached hydrogen (secondary N) is 2. The number of benzene rings is 2. The Balaban J connectivity index is 1.52. The highest BCUT2D eigenvalue weighted by Crippen LogP contribution is 2.31. The zero-order valence-corrected chi connectivity index (χ0v) is 18.0. The summed E-state index contributed by atoms with van der Waals surface area (Å²) in [6, 6.07) is 18.0. The first-order valence-electron chi connectivity index (χ1n) is 10.6. The minimum atomic E-state index is -0.352. The lowest BCUT2D eigenvalue weighted by molar-refractivity contribution is -0.121. The highest BCUT2D eigenvalue weighted by atomic mass is 16.5. The molecule has 164 valence electrons. The Morgan fingerprint density at radius 3 is 2.47 bits per heavy atom. The van der Waals surface area contributed by atoms with Crippen molar-refractivity contribution in [1.29, 1.82) is 0 Å². The molecule has 2 aromatic carbocycles. The van der Waals surface area contributed by atoms with E-state index in [1.807, 2.05) is 30.3 Å². The van der Waals surface area contributed by atoms with E-state index < -0.39 is 0 Å². The van der Waals surface area contributed by atoms with Crippen LogP contribution in [0.2, 0.25) is 0 Å². The molecule has 32 heavy (non-hydrogen) atoms. The van der Waals surface area contributed by atoms with Gasteiger partial charge in [0.25, 0.3) is 5.91 Å². The van der Waals surface area contributed by atoms with Gasteiger partial charge in [-0.15, -0.1) is 0 Å². The van der Waals surface area contributed by atoms with Gasteiger partial charge in [-0.2, -0.15) is 0 Å². The molecular formula is C25H26N4O3. The SMILES string of the molecule is COc1cc(NC(=O)C(c2ccccc2)N2CCCC2)ccc1NC(=O)c1cccnc1. The third-order valence-corrected chi connectivity index (χ3v) is 5.51. The summed E-state index contributed by atoms with van der Waals surface area (Å²) >= 11 is 0. The van der Waals surface area contributed by atoms with Crippen LogP contribution in [-0.4, -0.2) is 41.9 Å². The lowest BCUT2D eigenvalue weighted by atomic mass is 10.0. The van der Waals surface area contributed by atoms with E-state index in [0.717, 1.165) is 31.5 Å². The Hall–Kier alpha value is -3.71. The van der Waals surface area contributed by atoms with Gasteiger partial charge in [-0.3, -0.25) is 19.5 Å². The summed E-state index contributed by atoms with van der Waals surface area (Å²) in [7, 11) is 1.53. The number of aromatic nitrogens is 1. The molecule has 0 spiro atoms. The standard InChI is InChI=1S/C25H26N4O3/c1-32-22-16-20(11-12-21(22)28-24(30)19-10-7-13-26-17-19)27-25(31)23(29-14-5-6-15-29)18-8-3-2-4-9-18/h2-4,7-13,16-17,23H,5-6,14-15H2,1H3,(H,27,31)(H,28,30). The van der Waals surface area contributed by atoms with E-state index in [-0.39, 0.29) is 17.9 Å². The summed E-state index contributed by atoms with van der Waals surface area (Å²) < 4.78 is 5.46. The van der Waals surface area contributed by atoms with Crippen molar-refractivity contribution < 1.29 is 14.3 Å². The van der Waals surface area contributed by atoms with Crippen molar-refractivity contribution in [1.82, 2.24) is 9.88 Å². The monoisotopic (exact) mass is 430 g/mol. The molecule has 7 heteroatoms. The average Bonchev–Trinajstić information content (AvgIpc) is 3.35. The fraction of sp³-hybridized carbons (Fsp3) is 0.240. The molecule has 2 N–H and O–H groups in total. The lowest BCUT2D eigenvalue weighted by Gasteiger charge is -2.27. The van der Waals surface area contributed by atoms with Crippen LogP contribution in [0, 0.1) is 0 Å². The van der Waals surface area contributed by atoms with Crippen molar-refractivity contribution in [2.75, 3.05) is 30.8 Å². The van der Waals surface area contributed by atoms with Crippen LogP contribution in [0.4, 0.5) is 11.4 Å². The van der Waals surface area contributed by atoms with E-state index in [2.05, 4.69) is 20.5 Å². The topological polar surface area (TPSA) is 83.6 Å². The van der Waals surface area contributed by atoms with Crippen molar-refractivity contribution in [2.24, 2.45) is 0 Å². The summed E-state index contributed by atoms with van der Waals surface area (Å²) in [6.45, 7) is 1.80. The highest BCUT2D eigenvalue weighted by molar-refractivity contribution is 6.05. The second-order valence-electron chi connectivity index (χ2n) is 7.66. The number of carbonyl (C=O) groups is 2. The normalized spacial score (nSPS) is 14.5. The average molecular weight is 431 g/mol. The fourth-order valence-electron chi connectivity index (χ4n) is 3.94. The third-order valence-electron chi connectivity index (χ3n) is 5.51. The Bertz CT molecular complexity index is 1070. The zero-order chi connectivity index (χ0) is 22.3. The smallest absolute Gasteiger partial charge is 0.257 e. The van der Waals surface area contributed by atoms with Crippen LogP contribution in [-0.2, 0) is 4.79 Å². The molecule has 3 aromatic rings. The number of pyridine rings is 1. The Labute approximate surface area is 187 Å². The van der Waals surface area contributed by atoms with E-state index in [1.54, 1.807) is 36.5 Å². The Kier molecular flexibility index (Phi) is 6.77. The highest BCUT2D eigenvalue weighted by Gasteiger charge is 2.29. The van der Waals surface area contributed by atoms with Gasteiger partial charge in [0.1, 0.15) is 11.8 Å². The molecule has 1 saturated heterocycles. The predicted octanol–water partition coefficient (Wildman–Crippen LogP) is 4.12. The minimum absolute atomic E-state index is 0.0905. The van der Waals surface area contributed by atoms with E-state index in [1.165, 1.54) is 13.3 Å². The number of hydrogen-bond donors (Lipinski definition) is 2. The Morgan fingerprint density at radius 1 is 1.00 bits per heavy atom. The second-order valence-corrected chi connectivity index (χ2v) is 7.66. The second kappa shape index (κ2) is 10.1. The largest absolute Gasteiger partial charge is 0.494 e. The van der Waals surface area contributed by atoms with E-state index in [9.17, 15) is 9.59 Å². The van der Waals surface area contributed by atoms with Crippen LogP contribution < -0.4 is 15.4 Å². The molecule has 0 saturated carbocycles. The molecule has 1 aromatic heterocycles. The molecule has 0 aliphatic carbocycles. The molecule has 1 unspecified atom stereocenters. The first-order chi connectivity index (χ1) is 15.7. The first-order valence-corrected chi connectivity index (χ1v) is 10.6. The maximum absolute atomic E-state index is 13.3. The molecule has 4 rings (SSSR count).